The van der Waals surface area contributed by atoms with Crippen LogP contribution < -0.4 is 4.90 Å². The monoisotopic (exact) mass is 393 g/mol. The maximum absolute atomic E-state index is 13.2. The molecule has 0 spiro atoms. The van der Waals surface area contributed by atoms with E-state index in [9.17, 15) is 14.4 Å². The number of benzene rings is 1. The van der Waals surface area contributed by atoms with Crippen molar-refractivity contribution in [2.75, 3.05) is 24.5 Å². The fourth-order valence-electron chi connectivity index (χ4n) is 4.92. The number of carbonyl (C=O) groups excluding carboxylic acids is 3. The number of hydrogen-bond acceptors (Lipinski definition) is 4. The molecule has 0 radical (unpaired) electrons. The number of H-pyrrole nitrogens is 1. The molecule has 150 valence electrons. The summed E-state index contributed by atoms with van der Waals surface area (Å²) < 4.78 is 0. The van der Waals surface area contributed by atoms with Gasteiger partial charge in [-0.1, -0.05) is 6.07 Å². The molecule has 8 nitrogen and oxygen atoms in total. The van der Waals surface area contributed by atoms with E-state index < -0.39 is 0 Å². The summed E-state index contributed by atoms with van der Waals surface area (Å²) >= 11 is 0. The van der Waals surface area contributed by atoms with Crippen molar-refractivity contribution in [2.45, 2.75) is 37.8 Å². The van der Waals surface area contributed by atoms with Gasteiger partial charge < -0.3 is 14.7 Å². The SMILES string of the molecule is O=C1CCCN1c1cccc(C(=O)N2CC[C@H]3[C@@H]2CCN3C(=O)c2cn[nH]c2)c1. The molecule has 3 aliphatic rings. The van der Waals surface area contributed by atoms with E-state index in [-0.39, 0.29) is 29.8 Å². The van der Waals surface area contributed by atoms with E-state index in [4.69, 9.17) is 0 Å². The van der Waals surface area contributed by atoms with Gasteiger partial charge in [0.1, 0.15) is 0 Å². The zero-order chi connectivity index (χ0) is 20.0. The normalized spacial score (nSPS) is 23.7. The van der Waals surface area contributed by atoms with Crippen LogP contribution in [0.25, 0.3) is 0 Å². The summed E-state index contributed by atoms with van der Waals surface area (Å²) in [4.78, 5) is 43.6. The third kappa shape index (κ3) is 2.99. The highest BCUT2D eigenvalue weighted by atomic mass is 16.2. The molecule has 5 rings (SSSR count). The lowest BCUT2D eigenvalue weighted by molar-refractivity contribution is -0.117. The molecule has 2 atom stereocenters. The van der Waals surface area contributed by atoms with Crippen molar-refractivity contribution in [1.82, 2.24) is 20.0 Å². The molecule has 4 heterocycles. The van der Waals surface area contributed by atoms with Crippen molar-refractivity contribution in [2.24, 2.45) is 0 Å². The van der Waals surface area contributed by atoms with Gasteiger partial charge in [0, 0.05) is 43.5 Å². The molecule has 2 aromatic rings. The Balaban J connectivity index is 1.33. The number of likely N-dealkylation sites (tertiary alicyclic amines) is 2. The lowest BCUT2D eigenvalue weighted by Gasteiger charge is -2.26. The third-order valence-electron chi connectivity index (χ3n) is 6.32. The van der Waals surface area contributed by atoms with Gasteiger partial charge in [0.25, 0.3) is 11.8 Å². The maximum atomic E-state index is 13.2. The van der Waals surface area contributed by atoms with Crippen LogP contribution in [0.3, 0.4) is 0 Å². The fourth-order valence-corrected chi connectivity index (χ4v) is 4.92. The molecule has 3 amide bonds. The molecular formula is C21H23N5O3. The molecule has 8 heteroatoms. The van der Waals surface area contributed by atoms with E-state index in [1.54, 1.807) is 17.3 Å². The minimum atomic E-state index is -0.0323. The maximum Gasteiger partial charge on any atom is 0.257 e. The number of nitrogens with zero attached hydrogens (tertiary/aromatic N) is 4. The molecule has 3 fully saturated rings. The van der Waals surface area contributed by atoms with E-state index in [0.29, 0.717) is 37.2 Å². The minimum Gasteiger partial charge on any atom is -0.333 e. The Bertz CT molecular complexity index is 957. The Morgan fingerprint density at radius 2 is 1.72 bits per heavy atom. The number of hydrogen-bond donors (Lipinski definition) is 1. The second kappa shape index (κ2) is 7.02. The summed E-state index contributed by atoms with van der Waals surface area (Å²) in [6.45, 7) is 1.98. The summed E-state index contributed by atoms with van der Waals surface area (Å²) in [5.41, 5.74) is 1.94. The van der Waals surface area contributed by atoms with E-state index in [1.165, 1.54) is 0 Å². The molecule has 3 aliphatic heterocycles. The third-order valence-corrected chi connectivity index (χ3v) is 6.32. The predicted octanol–water partition coefficient (Wildman–Crippen LogP) is 1.67. The number of nitrogens with one attached hydrogen (secondary N) is 1. The van der Waals surface area contributed by atoms with Crippen LogP contribution in [0, 0.1) is 0 Å². The van der Waals surface area contributed by atoms with Crippen molar-refractivity contribution in [1.29, 1.82) is 0 Å². The van der Waals surface area contributed by atoms with Crippen LogP contribution in [0.2, 0.25) is 0 Å². The van der Waals surface area contributed by atoms with E-state index >= 15 is 0 Å². The largest absolute Gasteiger partial charge is 0.333 e. The highest BCUT2D eigenvalue weighted by Crippen LogP contribution is 2.34. The summed E-state index contributed by atoms with van der Waals surface area (Å²) in [6.07, 6.45) is 6.13. The zero-order valence-corrected chi connectivity index (χ0v) is 16.1. The van der Waals surface area contributed by atoms with Crippen LogP contribution in [0.15, 0.2) is 36.7 Å². The van der Waals surface area contributed by atoms with Crippen molar-refractivity contribution >= 4 is 23.4 Å². The van der Waals surface area contributed by atoms with Gasteiger partial charge in [-0.25, -0.2) is 0 Å². The molecule has 0 saturated carbocycles. The van der Waals surface area contributed by atoms with Crippen LogP contribution in [0.5, 0.6) is 0 Å². The van der Waals surface area contributed by atoms with Gasteiger partial charge in [0.15, 0.2) is 0 Å². The number of carbonyl (C=O) groups is 3. The summed E-state index contributed by atoms with van der Waals surface area (Å²) in [7, 11) is 0. The molecule has 1 aromatic carbocycles. The van der Waals surface area contributed by atoms with Crippen molar-refractivity contribution in [3.8, 4) is 0 Å². The lowest BCUT2D eigenvalue weighted by atomic mass is 10.1. The van der Waals surface area contributed by atoms with Gasteiger partial charge in [0.05, 0.1) is 23.8 Å². The first-order chi connectivity index (χ1) is 14.1. The fraction of sp³-hybridized carbons (Fsp3) is 0.429. The van der Waals surface area contributed by atoms with Crippen LogP contribution in [-0.2, 0) is 4.79 Å². The standard InChI is InChI=1S/C21H23N5O3/c27-19-5-2-8-24(19)16-4-1-3-14(11-16)20(28)25-9-6-18-17(25)7-10-26(18)21(29)15-12-22-23-13-15/h1,3-4,11-13,17-18H,2,5-10H2,(H,22,23)/t17-,18-/m0/s1. The second-order valence-electron chi connectivity index (χ2n) is 7.90. The zero-order valence-electron chi connectivity index (χ0n) is 16.1. The van der Waals surface area contributed by atoms with Crippen LogP contribution >= 0.6 is 0 Å². The molecular weight excluding hydrogens is 370 g/mol. The van der Waals surface area contributed by atoms with Crippen LogP contribution in [-0.4, -0.2) is 69.4 Å². The lowest BCUT2D eigenvalue weighted by Crippen LogP contribution is -2.41. The molecule has 29 heavy (non-hydrogen) atoms. The Morgan fingerprint density at radius 1 is 1.00 bits per heavy atom. The molecule has 0 unspecified atom stereocenters. The van der Waals surface area contributed by atoms with Crippen molar-refractivity contribution in [3.05, 3.63) is 47.8 Å². The van der Waals surface area contributed by atoms with Crippen LogP contribution in [0.4, 0.5) is 5.69 Å². The van der Waals surface area contributed by atoms with Gasteiger partial charge in [-0.05, 0) is 37.5 Å². The average molecular weight is 393 g/mol. The number of anilines is 1. The van der Waals surface area contributed by atoms with E-state index in [1.807, 2.05) is 34.1 Å². The Kier molecular flexibility index (Phi) is 4.34. The van der Waals surface area contributed by atoms with E-state index in [2.05, 4.69) is 10.2 Å². The number of fused-ring (bicyclic) bond motifs is 1. The van der Waals surface area contributed by atoms with Gasteiger partial charge in [0.2, 0.25) is 5.91 Å². The number of amides is 3. The van der Waals surface area contributed by atoms with Crippen LogP contribution in [0.1, 0.15) is 46.4 Å². The summed E-state index contributed by atoms with van der Waals surface area (Å²) in [5.74, 6) is 0.0544. The molecule has 0 aliphatic carbocycles. The van der Waals surface area contributed by atoms with Gasteiger partial charge in [-0.2, -0.15) is 5.10 Å². The summed E-state index contributed by atoms with van der Waals surface area (Å²) in [5, 5.41) is 6.55. The van der Waals surface area contributed by atoms with Crippen molar-refractivity contribution < 1.29 is 14.4 Å². The first kappa shape index (κ1) is 17.9. The molecule has 0 bridgehead atoms. The topological polar surface area (TPSA) is 89.6 Å². The second-order valence-corrected chi connectivity index (χ2v) is 7.90. The minimum absolute atomic E-state index is 0.0244. The number of aromatic nitrogens is 2. The van der Waals surface area contributed by atoms with Gasteiger partial charge in [-0.15, -0.1) is 0 Å². The van der Waals surface area contributed by atoms with Gasteiger partial charge >= 0.3 is 0 Å². The Labute approximate surface area is 168 Å². The highest BCUT2D eigenvalue weighted by molar-refractivity contribution is 5.99. The first-order valence-electron chi connectivity index (χ1n) is 10.1. The number of aromatic amines is 1. The first-order valence-corrected chi connectivity index (χ1v) is 10.1. The quantitative estimate of drug-likeness (QED) is 0.859. The Morgan fingerprint density at radius 3 is 2.34 bits per heavy atom. The number of rotatable bonds is 3. The molecule has 3 saturated heterocycles. The van der Waals surface area contributed by atoms with E-state index in [0.717, 1.165) is 24.9 Å². The van der Waals surface area contributed by atoms with Crippen molar-refractivity contribution in [3.63, 3.8) is 0 Å². The highest BCUT2D eigenvalue weighted by Gasteiger charge is 2.46. The predicted molar refractivity (Wildman–Crippen MR) is 105 cm³/mol. The molecule has 1 N–H and O–H groups in total. The molecule has 1 aromatic heterocycles. The average Bonchev–Trinajstić information content (AvgIpc) is 3.51. The van der Waals surface area contributed by atoms with Gasteiger partial charge in [-0.3, -0.25) is 19.5 Å². The smallest absolute Gasteiger partial charge is 0.257 e. The Hall–Kier alpha value is -3.16. The summed E-state index contributed by atoms with van der Waals surface area (Å²) in [6, 6.07) is 7.43.